The van der Waals surface area contributed by atoms with Crippen LogP contribution in [0.1, 0.15) is 18.4 Å². The minimum absolute atomic E-state index is 0.0221. The van der Waals surface area contributed by atoms with Crippen LogP contribution in [-0.2, 0) is 4.79 Å². The van der Waals surface area contributed by atoms with E-state index in [4.69, 9.17) is 4.74 Å². The van der Waals surface area contributed by atoms with Crippen LogP contribution < -0.4 is 4.74 Å². The molecular weight excluding hydrogens is 224 g/mol. The summed E-state index contributed by atoms with van der Waals surface area (Å²) in [5.74, 6) is 1.13. The van der Waals surface area contributed by atoms with Crippen molar-refractivity contribution >= 4 is 22.6 Å². The number of hydrogen-bond acceptors (Lipinski definition) is 2. The van der Waals surface area contributed by atoms with Crippen molar-refractivity contribution in [3.05, 3.63) is 47.5 Å². The van der Waals surface area contributed by atoms with Crippen LogP contribution in [0.3, 0.4) is 0 Å². The zero-order chi connectivity index (χ0) is 12.1. The Hall–Kier alpha value is -2.09. The Morgan fingerprint density at radius 3 is 2.94 bits per heavy atom. The Morgan fingerprint density at radius 2 is 2.00 bits per heavy atom. The summed E-state index contributed by atoms with van der Waals surface area (Å²) in [4.78, 5) is 11.8. The van der Waals surface area contributed by atoms with Crippen LogP contribution in [-0.4, -0.2) is 11.9 Å². The molecule has 4 rings (SSSR count). The maximum atomic E-state index is 11.8. The lowest BCUT2D eigenvalue weighted by atomic mass is 9.98. The lowest BCUT2D eigenvalue weighted by molar-refractivity contribution is -0.114. The van der Waals surface area contributed by atoms with E-state index in [-0.39, 0.29) is 11.9 Å². The third-order valence-electron chi connectivity index (χ3n) is 3.80. The number of hydrogen-bond donors (Lipinski definition) is 0. The summed E-state index contributed by atoms with van der Waals surface area (Å²) in [6, 6.07) is 12.3. The first kappa shape index (κ1) is 9.89. The molecule has 0 amide bonds. The number of ketones is 1. The van der Waals surface area contributed by atoms with Gasteiger partial charge in [0.2, 0.25) is 0 Å². The molecule has 2 aromatic carbocycles. The molecule has 0 N–H and O–H groups in total. The lowest BCUT2D eigenvalue weighted by Crippen LogP contribution is -2.19. The van der Waals surface area contributed by atoms with E-state index in [2.05, 4.69) is 18.2 Å². The van der Waals surface area contributed by atoms with Crippen LogP contribution in [0.4, 0.5) is 0 Å². The summed E-state index contributed by atoms with van der Waals surface area (Å²) in [5, 5.41) is 2.33. The van der Waals surface area contributed by atoms with Crippen LogP contribution in [0.5, 0.6) is 5.75 Å². The Bertz CT molecular complexity index is 697. The molecule has 1 aliphatic carbocycles. The predicted molar refractivity (Wildman–Crippen MR) is 70.6 cm³/mol. The number of ether oxygens (including phenoxy) is 1. The van der Waals surface area contributed by atoms with Crippen molar-refractivity contribution in [3.8, 4) is 5.75 Å². The van der Waals surface area contributed by atoms with Gasteiger partial charge in [0.05, 0.1) is 0 Å². The van der Waals surface area contributed by atoms with Gasteiger partial charge in [0, 0.05) is 17.6 Å². The third kappa shape index (κ3) is 1.26. The van der Waals surface area contributed by atoms with E-state index in [0.717, 1.165) is 28.7 Å². The largest absolute Gasteiger partial charge is 0.485 e. The van der Waals surface area contributed by atoms with E-state index >= 15 is 0 Å². The predicted octanol–water partition coefficient (Wildman–Crippen LogP) is 3.35. The van der Waals surface area contributed by atoms with Gasteiger partial charge in [-0.1, -0.05) is 30.3 Å². The average molecular weight is 236 g/mol. The van der Waals surface area contributed by atoms with Crippen LogP contribution in [0.15, 0.2) is 42.0 Å². The molecule has 1 atom stereocenters. The van der Waals surface area contributed by atoms with Crippen LogP contribution in [0.25, 0.3) is 16.8 Å². The molecule has 1 fully saturated rings. The summed E-state index contributed by atoms with van der Waals surface area (Å²) in [7, 11) is 0. The monoisotopic (exact) mass is 236 g/mol. The van der Waals surface area contributed by atoms with Crippen molar-refractivity contribution in [1.82, 2.24) is 0 Å². The standard InChI is InChI=1S/C16H12O2/c17-14-6-8-16-13(14)9-12-11-4-2-1-3-10(11)5-7-15(12)18-16/h1-5,7,9,16H,6,8H2/t16-/m0/s1. The van der Waals surface area contributed by atoms with Gasteiger partial charge in [-0.05, 0) is 29.3 Å². The SMILES string of the molecule is O=C1CC[C@@H]2Oc3ccc4ccccc4c3C=C12. The zero-order valence-electron chi connectivity index (χ0n) is 9.85. The number of fused-ring (bicyclic) bond motifs is 4. The van der Waals surface area contributed by atoms with Gasteiger partial charge in [-0.2, -0.15) is 0 Å². The normalized spacial score (nSPS) is 21.2. The molecular formula is C16H12O2. The van der Waals surface area contributed by atoms with Crippen LogP contribution in [0.2, 0.25) is 0 Å². The number of carbonyl (C=O) groups excluding carboxylic acids is 1. The van der Waals surface area contributed by atoms with Crippen molar-refractivity contribution in [2.75, 3.05) is 0 Å². The Labute approximate surface area is 105 Å². The van der Waals surface area contributed by atoms with E-state index in [9.17, 15) is 4.79 Å². The van der Waals surface area contributed by atoms with Crippen molar-refractivity contribution in [3.63, 3.8) is 0 Å². The molecule has 1 heterocycles. The highest BCUT2D eigenvalue weighted by Crippen LogP contribution is 2.39. The van der Waals surface area contributed by atoms with Gasteiger partial charge in [-0.3, -0.25) is 4.79 Å². The second kappa shape index (κ2) is 3.45. The van der Waals surface area contributed by atoms with E-state index in [0.29, 0.717) is 6.42 Å². The molecule has 1 saturated carbocycles. The number of benzene rings is 2. The highest BCUT2D eigenvalue weighted by molar-refractivity contribution is 6.06. The topological polar surface area (TPSA) is 26.3 Å². The fourth-order valence-corrected chi connectivity index (χ4v) is 2.87. The molecule has 2 aliphatic rings. The summed E-state index contributed by atoms with van der Waals surface area (Å²) in [5.41, 5.74) is 1.90. The minimum atomic E-state index is -0.0221. The van der Waals surface area contributed by atoms with Crippen LogP contribution in [0, 0.1) is 0 Å². The quantitative estimate of drug-likeness (QED) is 0.701. The second-order valence-corrected chi connectivity index (χ2v) is 4.87. The average Bonchev–Trinajstić information content (AvgIpc) is 2.78. The van der Waals surface area contributed by atoms with E-state index in [1.807, 2.05) is 24.3 Å². The molecule has 0 bridgehead atoms. The maximum Gasteiger partial charge on any atom is 0.162 e. The number of rotatable bonds is 0. The Balaban J connectivity index is 2.02. The minimum Gasteiger partial charge on any atom is -0.485 e. The number of Topliss-reactive ketones (excluding diaryl/α,β-unsaturated/α-hetero) is 1. The van der Waals surface area contributed by atoms with E-state index < -0.39 is 0 Å². The number of carbonyl (C=O) groups is 1. The first-order chi connectivity index (χ1) is 8.83. The molecule has 0 radical (unpaired) electrons. The van der Waals surface area contributed by atoms with Crippen molar-refractivity contribution < 1.29 is 9.53 Å². The van der Waals surface area contributed by atoms with Gasteiger partial charge in [-0.15, -0.1) is 0 Å². The molecule has 0 spiro atoms. The zero-order valence-corrected chi connectivity index (χ0v) is 9.85. The molecule has 0 saturated heterocycles. The molecule has 2 nitrogen and oxygen atoms in total. The lowest BCUT2D eigenvalue weighted by Gasteiger charge is -2.22. The molecule has 2 aromatic rings. The summed E-state index contributed by atoms with van der Waals surface area (Å²) in [6.45, 7) is 0. The van der Waals surface area contributed by atoms with Gasteiger partial charge in [0.25, 0.3) is 0 Å². The second-order valence-electron chi connectivity index (χ2n) is 4.87. The van der Waals surface area contributed by atoms with Gasteiger partial charge < -0.3 is 4.74 Å². The summed E-state index contributed by atoms with van der Waals surface area (Å²) < 4.78 is 5.95. The van der Waals surface area contributed by atoms with Gasteiger partial charge >= 0.3 is 0 Å². The molecule has 1 aliphatic heterocycles. The summed E-state index contributed by atoms with van der Waals surface area (Å²) in [6.07, 6.45) is 3.44. The highest BCUT2D eigenvalue weighted by atomic mass is 16.5. The van der Waals surface area contributed by atoms with E-state index in [1.54, 1.807) is 0 Å². The van der Waals surface area contributed by atoms with Crippen molar-refractivity contribution in [2.45, 2.75) is 18.9 Å². The molecule has 88 valence electrons. The molecule has 0 aromatic heterocycles. The van der Waals surface area contributed by atoms with Gasteiger partial charge in [-0.25, -0.2) is 0 Å². The first-order valence-electron chi connectivity index (χ1n) is 6.26. The molecule has 2 heteroatoms. The maximum absolute atomic E-state index is 11.8. The van der Waals surface area contributed by atoms with Crippen molar-refractivity contribution in [1.29, 1.82) is 0 Å². The highest BCUT2D eigenvalue weighted by Gasteiger charge is 2.33. The van der Waals surface area contributed by atoms with Crippen LogP contribution >= 0.6 is 0 Å². The Kier molecular flexibility index (Phi) is 1.90. The molecule has 0 unspecified atom stereocenters. The third-order valence-corrected chi connectivity index (χ3v) is 3.80. The van der Waals surface area contributed by atoms with Crippen molar-refractivity contribution in [2.24, 2.45) is 0 Å². The first-order valence-corrected chi connectivity index (χ1v) is 6.26. The Morgan fingerprint density at radius 1 is 1.11 bits per heavy atom. The summed E-state index contributed by atoms with van der Waals surface area (Å²) >= 11 is 0. The van der Waals surface area contributed by atoms with Gasteiger partial charge in [0.15, 0.2) is 5.78 Å². The van der Waals surface area contributed by atoms with Gasteiger partial charge in [0.1, 0.15) is 11.9 Å². The fraction of sp³-hybridized carbons (Fsp3) is 0.188. The molecule has 18 heavy (non-hydrogen) atoms. The van der Waals surface area contributed by atoms with E-state index in [1.165, 1.54) is 5.39 Å². The smallest absolute Gasteiger partial charge is 0.162 e. The fourth-order valence-electron chi connectivity index (χ4n) is 2.87.